The van der Waals surface area contributed by atoms with Crippen molar-refractivity contribution >= 4 is 65.1 Å². The molecular formula is C42H30N4S. The first kappa shape index (κ1) is 26.7. The molecule has 0 radical (unpaired) electrons. The summed E-state index contributed by atoms with van der Waals surface area (Å²) in [5, 5.41) is 8.75. The van der Waals surface area contributed by atoms with E-state index >= 15 is 0 Å². The summed E-state index contributed by atoms with van der Waals surface area (Å²) >= 11 is 1.82. The topological polar surface area (TPSA) is 41.7 Å². The van der Waals surface area contributed by atoms with Crippen molar-refractivity contribution in [1.29, 1.82) is 0 Å². The maximum Gasteiger partial charge on any atom is 0.211 e. The van der Waals surface area contributed by atoms with Crippen LogP contribution in [0.2, 0.25) is 0 Å². The van der Waals surface area contributed by atoms with Gasteiger partial charge >= 0.3 is 0 Å². The Hall–Kier alpha value is -5.52. The summed E-state index contributed by atoms with van der Waals surface area (Å²) in [5.41, 5.74) is 9.64. The van der Waals surface area contributed by atoms with Crippen LogP contribution in [0, 0.1) is 0 Å². The lowest BCUT2D eigenvalue weighted by Crippen LogP contribution is -2.37. The van der Waals surface area contributed by atoms with Crippen LogP contribution < -0.4 is 5.32 Å². The van der Waals surface area contributed by atoms with Gasteiger partial charge in [-0.25, -0.2) is 4.99 Å². The van der Waals surface area contributed by atoms with E-state index in [1.165, 1.54) is 53.2 Å². The summed E-state index contributed by atoms with van der Waals surface area (Å²) in [4.78, 5) is 10.5. The van der Waals surface area contributed by atoms with Crippen LogP contribution in [0.5, 0.6) is 0 Å². The molecule has 1 aliphatic heterocycles. The Morgan fingerprint density at radius 3 is 2.26 bits per heavy atom. The smallest absolute Gasteiger partial charge is 0.211 e. The number of para-hydroxylation sites is 1. The number of rotatable bonds is 2. The highest BCUT2D eigenvalue weighted by Crippen LogP contribution is 2.50. The van der Waals surface area contributed by atoms with E-state index < -0.39 is 0 Å². The van der Waals surface area contributed by atoms with E-state index in [0.29, 0.717) is 0 Å². The molecule has 47 heavy (non-hydrogen) atoms. The van der Waals surface area contributed by atoms with E-state index in [4.69, 9.17) is 9.98 Å². The second-order valence-corrected chi connectivity index (χ2v) is 14.2. The van der Waals surface area contributed by atoms with Crippen LogP contribution in [0.15, 0.2) is 143 Å². The number of hydrogen-bond acceptors (Lipinski definition) is 4. The molecule has 2 aliphatic rings. The van der Waals surface area contributed by atoms with Crippen molar-refractivity contribution in [2.24, 2.45) is 9.98 Å². The highest BCUT2D eigenvalue weighted by atomic mass is 32.1. The molecule has 1 aliphatic carbocycles. The lowest BCUT2D eigenvalue weighted by molar-refractivity contribution is 0.658. The van der Waals surface area contributed by atoms with Crippen LogP contribution in [-0.4, -0.2) is 16.4 Å². The third-order valence-electron chi connectivity index (χ3n) is 10.1. The molecule has 6 aromatic carbocycles. The molecule has 3 heterocycles. The summed E-state index contributed by atoms with van der Waals surface area (Å²) in [6.45, 7) is 4.68. The second-order valence-electron chi connectivity index (χ2n) is 13.1. The van der Waals surface area contributed by atoms with Gasteiger partial charge in [-0.3, -0.25) is 4.57 Å². The summed E-state index contributed by atoms with van der Waals surface area (Å²) < 4.78 is 4.85. The molecule has 0 spiro atoms. The molecule has 0 saturated heterocycles. The predicted molar refractivity (Wildman–Crippen MR) is 198 cm³/mol. The van der Waals surface area contributed by atoms with Gasteiger partial charge in [0.25, 0.3) is 0 Å². The molecule has 0 bridgehead atoms. The number of benzene rings is 6. The van der Waals surface area contributed by atoms with E-state index in [-0.39, 0.29) is 11.6 Å². The first-order valence-corrected chi connectivity index (χ1v) is 16.9. The fraction of sp³-hybridized carbons (Fsp3) is 0.0952. The lowest BCUT2D eigenvalue weighted by Gasteiger charge is -2.25. The van der Waals surface area contributed by atoms with Gasteiger partial charge in [0.15, 0.2) is 5.84 Å². The van der Waals surface area contributed by atoms with Crippen LogP contribution in [0.25, 0.3) is 53.1 Å². The number of amidine groups is 1. The van der Waals surface area contributed by atoms with Gasteiger partial charge in [-0.2, -0.15) is 4.99 Å². The number of fused-ring (bicyclic) bond motifs is 9. The molecule has 2 aromatic heterocycles. The minimum absolute atomic E-state index is 0.109. The molecule has 1 N–H and O–H groups in total. The van der Waals surface area contributed by atoms with E-state index in [9.17, 15) is 0 Å². The Labute approximate surface area is 276 Å². The van der Waals surface area contributed by atoms with Crippen molar-refractivity contribution in [3.63, 3.8) is 0 Å². The Morgan fingerprint density at radius 1 is 0.617 bits per heavy atom. The number of aliphatic imine (C=N–C) groups is 2. The number of thiophene rings is 1. The Balaban J connectivity index is 1.21. The van der Waals surface area contributed by atoms with E-state index in [2.05, 4.69) is 157 Å². The zero-order valence-corrected chi connectivity index (χ0v) is 26.8. The van der Waals surface area contributed by atoms with Crippen LogP contribution in [0.1, 0.15) is 42.3 Å². The van der Waals surface area contributed by atoms with Crippen molar-refractivity contribution in [3.8, 4) is 11.1 Å². The van der Waals surface area contributed by atoms with Gasteiger partial charge in [0.2, 0.25) is 5.96 Å². The highest BCUT2D eigenvalue weighted by Gasteiger charge is 2.36. The molecular weight excluding hydrogens is 593 g/mol. The quantitative estimate of drug-likeness (QED) is 0.205. The maximum absolute atomic E-state index is 5.32. The first-order valence-electron chi connectivity index (χ1n) is 16.1. The third kappa shape index (κ3) is 3.87. The predicted octanol–water partition coefficient (Wildman–Crippen LogP) is 10.4. The van der Waals surface area contributed by atoms with Gasteiger partial charge in [0.1, 0.15) is 6.17 Å². The van der Waals surface area contributed by atoms with Gasteiger partial charge in [-0.05, 0) is 58.1 Å². The fourth-order valence-corrected chi connectivity index (χ4v) is 8.89. The van der Waals surface area contributed by atoms with Gasteiger partial charge < -0.3 is 5.32 Å². The summed E-state index contributed by atoms with van der Waals surface area (Å²) in [7, 11) is 0. The SMILES string of the molecule is CC1(C)c2ccccc2-c2cc3c4ccccc4n(C4=NC(c5ccc6c(c5)sc5ccccc56)=NC(c5ccccc5)N4)c3cc21. The molecule has 1 unspecified atom stereocenters. The van der Waals surface area contributed by atoms with Crippen molar-refractivity contribution in [2.75, 3.05) is 0 Å². The summed E-state index contributed by atoms with van der Waals surface area (Å²) in [5.74, 6) is 1.51. The number of nitrogens with zero attached hydrogens (tertiary/aromatic N) is 3. The van der Waals surface area contributed by atoms with Crippen molar-refractivity contribution in [2.45, 2.75) is 25.4 Å². The molecule has 0 saturated carbocycles. The lowest BCUT2D eigenvalue weighted by atomic mass is 9.82. The van der Waals surface area contributed by atoms with Gasteiger partial charge in [-0.1, -0.05) is 117 Å². The minimum atomic E-state index is -0.289. The zero-order valence-electron chi connectivity index (χ0n) is 26.0. The second kappa shape index (κ2) is 9.74. The summed E-state index contributed by atoms with van der Waals surface area (Å²) in [6, 6.07) is 48.1. The summed E-state index contributed by atoms with van der Waals surface area (Å²) in [6.07, 6.45) is -0.289. The molecule has 10 rings (SSSR count). The van der Waals surface area contributed by atoms with E-state index in [0.717, 1.165) is 34.0 Å². The van der Waals surface area contributed by atoms with Gasteiger partial charge in [0, 0.05) is 41.9 Å². The molecule has 8 aromatic rings. The Kier molecular flexibility index (Phi) is 5.53. The first-order chi connectivity index (χ1) is 23.0. The van der Waals surface area contributed by atoms with Crippen LogP contribution in [0.4, 0.5) is 0 Å². The van der Waals surface area contributed by atoms with Crippen molar-refractivity contribution in [1.82, 2.24) is 9.88 Å². The third-order valence-corrected chi connectivity index (χ3v) is 11.2. The van der Waals surface area contributed by atoms with E-state index in [1.54, 1.807) is 0 Å². The van der Waals surface area contributed by atoms with Gasteiger partial charge in [0.05, 0.1) is 11.0 Å². The number of hydrogen-bond donors (Lipinski definition) is 1. The standard InChI is InChI=1S/C42H30N4S/c1-42(2)33-17-9-6-14-27(33)31-23-32-28-15-7-10-18-35(28)46(36(32)24-34(31)42)41-44-39(25-12-4-3-5-13-25)43-40(45-41)26-20-21-30-29-16-8-11-19-37(29)47-38(30)22-26/h3-24,39H,1-2H3,(H,43,44,45). The largest absolute Gasteiger partial charge is 0.330 e. The highest BCUT2D eigenvalue weighted by molar-refractivity contribution is 7.25. The average molecular weight is 623 g/mol. The van der Waals surface area contributed by atoms with Crippen molar-refractivity contribution < 1.29 is 0 Å². The van der Waals surface area contributed by atoms with Crippen LogP contribution in [0.3, 0.4) is 0 Å². The number of aromatic nitrogens is 1. The van der Waals surface area contributed by atoms with Crippen LogP contribution >= 0.6 is 11.3 Å². The molecule has 5 heteroatoms. The minimum Gasteiger partial charge on any atom is -0.330 e. The van der Waals surface area contributed by atoms with Gasteiger partial charge in [-0.15, -0.1) is 11.3 Å². The molecule has 4 nitrogen and oxygen atoms in total. The number of nitrogens with one attached hydrogen (secondary N) is 1. The van der Waals surface area contributed by atoms with E-state index in [1.807, 2.05) is 11.3 Å². The monoisotopic (exact) mass is 622 g/mol. The normalized spacial score (nSPS) is 16.7. The Bertz CT molecular complexity index is 2640. The molecule has 0 fully saturated rings. The molecule has 0 amide bonds. The molecule has 1 atom stereocenters. The maximum atomic E-state index is 5.32. The molecule has 224 valence electrons. The zero-order chi connectivity index (χ0) is 31.3. The average Bonchev–Trinajstić information content (AvgIpc) is 3.73. The fourth-order valence-electron chi connectivity index (χ4n) is 7.74. The Morgan fingerprint density at radius 2 is 1.36 bits per heavy atom. The van der Waals surface area contributed by atoms with Crippen LogP contribution in [-0.2, 0) is 5.41 Å². The van der Waals surface area contributed by atoms with Crippen molar-refractivity contribution in [3.05, 3.63) is 156 Å².